The van der Waals surface area contributed by atoms with Crippen LogP contribution in [0.4, 0.5) is 15.3 Å². The number of hydrogen-bond acceptors (Lipinski definition) is 8. The summed E-state index contributed by atoms with van der Waals surface area (Å²) < 4.78 is 10.8. The molecule has 4 aromatic rings. The molecule has 1 atom stereocenters. The molecule has 0 radical (unpaired) electrons. The molecule has 1 aliphatic heterocycles. The highest BCUT2D eigenvalue weighted by Crippen LogP contribution is 2.20. The third-order valence-corrected chi connectivity index (χ3v) is 9.63. The van der Waals surface area contributed by atoms with Gasteiger partial charge in [-0.1, -0.05) is 54.6 Å². The smallest absolute Gasteiger partial charge is 0.407 e. The van der Waals surface area contributed by atoms with Crippen molar-refractivity contribution >= 4 is 46.4 Å². The summed E-state index contributed by atoms with van der Waals surface area (Å²) in [5.74, 6) is -0.150. The molecule has 4 amide bonds. The highest BCUT2D eigenvalue weighted by atomic mass is 32.1. The summed E-state index contributed by atoms with van der Waals surface area (Å²) in [6, 6.07) is 24.5. The molecule has 0 spiro atoms. The lowest BCUT2D eigenvalue weighted by atomic mass is 10.1. The summed E-state index contributed by atoms with van der Waals surface area (Å²) >= 11 is 3.20. The number of benzene rings is 2. The van der Waals surface area contributed by atoms with Crippen LogP contribution in [0.15, 0.2) is 89.6 Å². The molecular formula is C36H43N5O5S2. The first-order valence-corrected chi connectivity index (χ1v) is 18.0. The molecule has 254 valence electrons. The number of urea groups is 1. The van der Waals surface area contributed by atoms with Gasteiger partial charge in [0.05, 0.1) is 32.9 Å². The SMILES string of the molecule is O=C(NCc1cccc(N2CCOCC2)c1)N[C@@H](CCCCOC(=O)NCc1ccccc1)C(=O)N(Cc1cccs1)Cc1cccs1. The Kier molecular flexibility index (Phi) is 13.7. The number of nitrogens with zero attached hydrogens (tertiary/aromatic N) is 2. The van der Waals surface area contributed by atoms with Gasteiger partial charge in [0.15, 0.2) is 0 Å². The van der Waals surface area contributed by atoms with Crippen molar-refractivity contribution in [3.8, 4) is 0 Å². The minimum Gasteiger partial charge on any atom is -0.450 e. The van der Waals surface area contributed by atoms with Crippen LogP contribution in [0.5, 0.6) is 0 Å². The van der Waals surface area contributed by atoms with Crippen LogP contribution in [-0.2, 0) is 40.4 Å². The maximum atomic E-state index is 14.1. The number of amides is 4. The summed E-state index contributed by atoms with van der Waals surface area (Å²) in [7, 11) is 0. The fraction of sp³-hybridized carbons (Fsp3) is 0.361. The van der Waals surface area contributed by atoms with Crippen molar-refractivity contribution in [3.05, 3.63) is 111 Å². The van der Waals surface area contributed by atoms with E-state index in [0.717, 1.165) is 39.7 Å². The second-order valence-electron chi connectivity index (χ2n) is 11.5. The molecule has 1 aliphatic rings. The Bertz CT molecular complexity index is 1510. The third kappa shape index (κ3) is 11.4. The normalized spacial score (nSPS) is 13.4. The van der Waals surface area contributed by atoms with Crippen LogP contribution in [0.3, 0.4) is 0 Å². The molecule has 3 N–H and O–H groups in total. The zero-order valence-corrected chi connectivity index (χ0v) is 28.6. The van der Waals surface area contributed by atoms with E-state index in [1.54, 1.807) is 22.7 Å². The molecule has 1 fully saturated rings. The van der Waals surface area contributed by atoms with E-state index in [9.17, 15) is 14.4 Å². The number of carbonyl (C=O) groups is 3. The van der Waals surface area contributed by atoms with Crippen molar-refractivity contribution in [1.82, 2.24) is 20.9 Å². The first-order chi connectivity index (χ1) is 23.5. The number of nitrogens with one attached hydrogen (secondary N) is 3. The van der Waals surface area contributed by atoms with Gasteiger partial charge in [-0.05, 0) is 65.4 Å². The first kappa shape index (κ1) is 34.9. The lowest BCUT2D eigenvalue weighted by molar-refractivity contribution is -0.134. The van der Waals surface area contributed by atoms with E-state index >= 15 is 0 Å². The molecule has 48 heavy (non-hydrogen) atoms. The minimum atomic E-state index is -0.753. The Labute approximate surface area is 290 Å². The average molecular weight is 690 g/mol. The molecule has 0 bridgehead atoms. The minimum absolute atomic E-state index is 0.150. The zero-order valence-electron chi connectivity index (χ0n) is 27.0. The highest BCUT2D eigenvalue weighted by molar-refractivity contribution is 7.10. The van der Waals surface area contributed by atoms with Crippen molar-refractivity contribution in [1.29, 1.82) is 0 Å². The second-order valence-corrected chi connectivity index (χ2v) is 13.5. The number of rotatable bonds is 16. The zero-order chi connectivity index (χ0) is 33.4. The van der Waals surface area contributed by atoms with Gasteiger partial charge < -0.3 is 35.2 Å². The Morgan fingerprint density at radius 3 is 2.19 bits per heavy atom. The number of unbranched alkanes of at least 4 members (excludes halogenated alkanes) is 1. The van der Waals surface area contributed by atoms with Crippen LogP contribution < -0.4 is 20.9 Å². The predicted octanol–water partition coefficient (Wildman–Crippen LogP) is 6.14. The molecule has 10 nitrogen and oxygen atoms in total. The van der Waals surface area contributed by atoms with Crippen molar-refractivity contribution in [2.24, 2.45) is 0 Å². The van der Waals surface area contributed by atoms with Crippen LogP contribution in [0.1, 0.15) is 40.1 Å². The van der Waals surface area contributed by atoms with Crippen molar-refractivity contribution < 1.29 is 23.9 Å². The molecule has 2 aromatic heterocycles. The molecule has 1 saturated heterocycles. The summed E-state index contributed by atoms with van der Waals surface area (Å²) in [5.41, 5.74) is 3.05. The van der Waals surface area contributed by atoms with Crippen LogP contribution in [-0.4, -0.2) is 61.9 Å². The summed E-state index contributed by atoms with van der Waals surface area (Å²) in [6.07, 6.45) is 1.05. The van der Waals surface area contributed by atoms with Gasteiger partial charge in [0.1, 0.15) is 6.04 Å². The Morgan fingerprint density at radius 1 is 0.812 bits per heavy atom. The molecule has 5 rings (SSSR count). The van der Waals surface area contributed by atoms with Crippen LogP contribution in [0, 0.1) is 0 Å². The Balaban J connectivity index is 1.17. The van der Waals surface area contributed by atoms with Gasteiger partial charge in [-0.3, -0.25) is 4.79 Å². The number of hydrogen-bond donors (Lipinski definition) is 3. The average Bonchev–Trinajstić information content (AvgIpc) is 3.85. The van der Waals surface area contributed by atoms with Gasteiger partial charge in [0.25, 0.3) is 0 Å². The van der Waals surface area contributed by atoms with Gasteiger partial charge in [-0.15, -0.1) is 22.7 Å². The van der Waals surface area contributed by atoms with Crippen molar-refractivity contribution in [2.75, 3.05) is 37.8 Å². The fourth-order valence-electron chi connectivity index (χ4n) is 5.38. The molecule has 12 heteroatoms. The Hall–Kier alpha value is -4.39. The topological polar surface area (TPSA) is 112 Å². The fourth-order valence-corrected chi connectivity index (χ4v) is 6.82. The number of thiophene rings is 2. The summed E-state index contributed by atoms with van der Waals surface area (Å²) in [6.45, 7) is 4.88. The maximum absolute atomic E-state index is 14.1. The number of carbonyl (C=O) groups excluding carboxylic acids is 3. The monoisotopic (exact) mass is 689 g/mol. The standard InChI is InChI=1S/C36H43N5O5S2/c42-34(41(26-31-13-7-21-47-31)27-32-14-8-22-48-32)33(15-4-5-18-46-36(44)38-24-28-9-2-1-3-10-28)39-35(43)37-25-29-11-6-12-30(23-29)40-16-19-45-20-17-40/h1-3,6-14,21-23,33H,4-5,15-20,24-27H2,(H,38,44)(H2,37,39,43)/t33-/m0/s1. The van der Waals surface area contributed by atoms with Crippen LogP contribution in [0.2, 0.25) is 0 Å². The number of morpholine rings is 1. The largest absolute Gasteiger partial charge is 0.450 e. The van der Waals surface area contributed by atoms with Gasteiger partial charge in [-0.25, -0.2) is 9.59 Å². The second kappa shape index (κ2) is 18.8. The molecule has 0 aliphatic carbocycles. The molecule has 2 aromatic carbocycles. The van der Waals surface area contributed by atoms with E-state index in [4.69, 9.17) is 9.47 Å². The first-order valence-electron chi connectivity index (χ1n) is 16.3. The van der Waals surface area contributed by atoms with Gasteiger partial charge in [0.2, 0.25) is 5.91 Å². The lowest BCUT2D eigenvalue weighted by Gasteiger charge is -2.29. The number of ether oxygens (including phenoxy) is 2. The van der Waals surface area contributed by atoms with Crippen LogP contribution >= 0.6 is 22.7 Å². The van der Waals surface area contributed by atoms with Crippen molar-refractivity contribution in [3.63, 3.8) is 0 Å². The van der Waals surface area contributed by atoms with Crippen LogP contribution in [0.25, 0.3) is 0 Å². The van der Waals surface area contributed by atoms with Gasteiger partial charge in [-0.2, -0.15) is 0 Å². The number of anilines is 1. The van der Waals surface area contributed by atoms with Crippen molar-refractivity contribution in [2.45, 2.75) is 51.5 Å². The molecule has 3 heterocycles. The van der Waals surface area contributed by atoms with E-state index in [-0.39, 0.29) is 12.5 Å². The third-order valence-electron chi connectivity index (χ3n) is 7.91. The predicted molar refractivity (Wildman–Crippen MR) is 190 cm³/mol. The maximum Gasteiger partial charge on any atom is 0.407 e. The van der Waals surface area contributed by atoms with E-state index in [1.807, 2.05) is 82.4 Å². The van der Waals surface area contributed by atoms with Gasteiger partial charge in [0, 0.05) is 41.6 Å². The number of alkyl carbamates (subject to hydrolysis) is 1. The Morgan fingerprint density at radius 2 is 1.50 bits per heavy atom. The molecule has 0 saturated carbocycles. The molecular weight excluding hydrogens is 647 g/mol. The highest BCUT2D eigenvalue weighted by Gasteiger charge is 2.27. The summed E-state index contributed by atoms with van der Waals surface area (Å²) in [5, 5.41) is 12.7. The van der Waals surface area contributed by atoms with Gasteiger partial charge >= 0.3 is 12.1 Å². The van der Waals surface area contributed by atoms with E-state index in [1.165, 1.54) is 0 Å². The van der Waals surface area contributed by atoms with E-state index in [0.29, 0.717) is 58.7 Å². The quantitative estimate of drug-likeness (QED) is 0.122. The molecule has 0 unspecified atom stereocenters. The van der Waals surface area contributed by atoms with E-state index in [2.05, 4.69) is 33.0 Å². The lowest BCUT2D eigenvalue weighted by Crippen LogP contribution is -2.50. The van der Waals surface area contributed by atoms with E-state index < -0.39 is 18.2 Å². The summed E-state index contributed by atoms with van der Waals surface area (Å²) in [4.78, 5) is 45.8.